The zero-order chi connectivity index (χ0) is 15.1. The molecule has 2 N–H and O–H groups in total. The average molecular weight is 287 g/mol. The molecule has 1 rings (SSSR count). The molecule has 0 radical (unpaired) electrons. The van der Waals surface area contributed by atoms with Crippen LogP contribution in [0.5, 0.6) is 0 Å². The van der Waals surface area contributed by atoms with Gasteiger partial charge in [-0.25, -0.2) is 8.78 Å². The van der Waals surface area contributed by atoms with Crippen molar-refractivity contribution in [1.29, 1.82) is 0 Å². The van der Waals surface area contributed by atoms with Gasteiger partial charge in [0.05, 0.1) is 13.0 Å². The van der Waals surface area contributed by atoms with Crippen molar-refractivity contribution in [2.24, 2.45) is 0 Å². The number of aliphatic carboxylic acids is 1. The molecule has 1 aromatic rings. The molecule has 0 spiro atoms. The highest BCUT2D eigenvalue weighted by atomic mass is 19.1. The Balaban J connectivity index is 2.93. The fourth-order valence-corrected chi connectivity index (χ4v) is 2.21. The Morgan fingerprint density at radius 3 is 2.65 bits per heavy atom. The molecule has 0 aromatic heterocycles. The van der Waals surface area contributed by atoms with Gasteiger partial charge in [-0.3, -0.25) is 9.69 Å². The van der Waals surface area contributed by atoms with Crippen molar-refractivity contribution in [3.8, 4) is 0 Å². The van der Waals surface area contributed by atoms with E-state index >= 15 is 0 Å². The Bertz CT molecular complexity index is 454. The van der Waals surface area contributed by atoms with Crippen LogP contribution in [0.2, 0.25) is 0 Å². The van der Waals surface area contributed by atoms with Crippen LogP contribution >= 0.6 is 0 Å². The third kappa shape index (κ3) is 4.86. The first-order valence-electron chi connectivity index (χ1n) is 6.48. The SMILES string of the molecule is CCN(CCO)C(CC(=O)O)Cc1cc(F)ccc1F. The lowest BCUT2D eigenvalue weighted by atomic mass is 10.0. The number of carboxylic acids is 1. The van der Waals surface area contributed by atoms with Crippen molar-refractivity contribution >= 4 is 5.97 Å². The van der Waals surface area contributed by atoms with Gasteiger partial charge in [0.1, 0.15) is 11.6 Å². The molecular weight excluding hydrogens is 268 g/mol. The lowest BCUT2D eigenvalue weighted by Crippen LogP contribution is -2.40. The molecule has 1 unspecified atom stereocenters. The molecule has 0 saturated carbocycles. The summed E-state index contributed by atoms with van der Waals surface area (Å²) in [6.07, 6.45) is -0.104. The summed E-state index contributed by atoms with van der Waals surface area (Å²) >= 11 is 0. The predicted molar refractivity (Wildman–Crippen MR) is 70.4 cm³/mol. The molecule has 0 aliphatic carbocycles. The molecule has 6 heteroatoms. The van der Waals surface area contributed by atoms with E-state index in [2.05, 4.69) is 0 Å². The molecule has 0 amide bonds. The van der Waals surface area contributed by atoms with Crippen LogP contribution in [0.1, 0.15) is 18.9 Å². The number of rotatable bonds is 8. The standard InChI is InChI=1S/C14H19F2NO3/c1-2-17(5-6-18)12(9-14(19)20)8-10-7-11(15)3-4-13(10)16/h3-4,7,12,18H,2,5-6,8-9H2,1H3,(H,19,20). The fourth-order valence-electron chi connectivity index (χ4n) is 2.21. The average Bonchev–Trinajstić information content (AvgIpc) is 2.39. The van der Waals surface area contributed by atoms with Crippen molar-refractivity contribution in [2.75, 3.05) is 19.7 Å². The van der Waals surface area contributed by atoms with Crippen LogP contribution in [-0.2, 0) is 11.2 Å². The molecule has 0 heterocycles. The fraction of sp³-hybridized carbons (Fsp3) is 0.500. The normalized spacial score (nSPS) is 12.7. The zero-order valence-electron chi connectivity index (χ0n) is 11.4. The van der Waals surface area contributed by atoms with E-state index in [1.807, 2.05) is 6.92 Å². The van der Waals surface area contributed by atoms with Gasteiger partial charge in [0.2, 0.25) is 0 Å². The van der Waals surface area contributed by atoms with E-state index in [9.17, 15) is 13.6 Å². The first-order valence-corrected chi connectivity index (χ1v) is 6.48. The summed E-state index contributed by atoms with van der Waals surface area (Å²) in [5, 5.41) is 17.9. The Labute approximate surface area is 116 Å². The van der Waals surface area contributed by atoms with Crippen LogP contribution in [0.15, 0.2) is 18.2 Å². The molecule has 0 fully saturated rings. The molecule has 0 bridgehead atoms. The van der Waals surface area contributed by atoms with Crippen LogP contribution in [0, 0.1) is 11.6 Å². The van der Waals surface area contributed by atoms with Gasteiger partial charge in [0.15, 0.2) is 0 Å². The summed E-state index contributed by atoms with van der Waals surface area (Å²) in [6, 6.07) is 2.65. The van der Waals surface area contributed by atoms with Crippen molar-refractivity contribution < 1.29 is 23.8 Å². The lowest BCUT2D eigenvalue weighted by Gasteiger charge is -2.29. The van der Waals surface area contributed by atoms with Crippen molar-refractivity contribution in [2.45, 2.75) is 25.8 Å². The van der Waals surface area contributed by atoms with Gasteiger partial charge in [-0.15, -0.1) is 0 Å². The Kier molecular flexibility index (Phi) is 6.54. The lowest BCUT2D eigenvalue weighted by molar-refractivity contribution is -0.138. The van der Waals surface area contributed by atoms with Gasteiger partial charge in [-0.1, -0.05) is 6.92 Å². The number of hydrogen-bond acceptors (Lipinski definition) is 3. The van der Waals surface area contributed by atoms with E-state index in [1.165, 1.54) is 0 Å². The van der Waals surface area contributed by atoms with Gasteiger partial charge in [0.25, 0.3) is 0 Å². The second kappa shape index (κ2) is 7.91. The molecule has 20 heavy (non-hydrogen) atoms. The van der Waals surface area contributed by atoms with E-state index in [0.717, 1.165) is 18.2 Å². The van der Waals surface area contributed by atoms with Crippen molar-refractivity contribution in [1.82, 2.24) is 4.90 Å². The number of aliphatic hydroxyl groups is 1. The molecule has 4 nitrogen and oxygen atoms in total. The van der Waals surface area contributed by atoms with Crippen LogP contribution < -0.4 is 0 Å². The highest BCUT2D eigenvalue weighted by Gasteiger charge is 2.22. The highest BCUT2D eigenvalue weighted by Crippen LogP contribution is 2.16. The summed E-state index contributed by atoms with van der Waals surface area (Å²) in [6.45, 7) is 2.53. The predicted octanol–water partition coefficient (Wildman–Crippen LogP) is 1.66. The first-order chi connectivity index (χ1) is 9.47. The Morgan fingerprint density at radius 2 is 2.10 bits per heavy atom. The molecule has 1 aromatic carbocycles. The maximum atomic E-state index is 13.6. The molecule has 0 saturated heterocycles. The summed E-state index contributed by atoms with van der Waals surface area (Å²) in [5.41, 5.74) is 0.146. The monoisotopic (exact) mass is 287 g/mol. The third-order valence-electron chi connectivity index (χ3n) is 3.18. The number of carbonyl (C=O) groups is 1. The van der Waals surface area contributed by atoms with Crippen LogP contribution in [0.3, 0.4) is 0 Å². The zero-order valence-corrected chi connectivity index (χ0v) is 11.4. The van der Waals surface area contributed by atoms with Crippen LogP contribution in [0.25, 0.3) is 0 Å². The summed E-state index contributed by atoms with van der Waals surface area (Å²) in [7, 11) is 0. The highest BCUT2D eigenvalue weighted by molar-refractivity contribution is 5.67. The number of likely N-dealkylation sites (N-methyl/N-ethyl adjacent to an activating group) is 1. The number of carboxylic acid groups (broad SMARTS) is 1. The minimum atomic E-state index is -1.01. The number of nitrogens with zero attached hydrogens (tertiary/aromatic N) is 1. The largest absolute Gasteiger partial charge is 0.481 e. The van der Waals surface area contributed by atoms with Crippen molar-refractivity contribution in [3.05, 3.63) is 35.4 Å². The topological polar surface area (TPSA) is 60.8 Å². The first kappa shape index (κ1) is 16.5. The number of hydrogen-bond donors (Lipinski definition) is 2. The van der Waals surface area contributed by atoms with Crippen LogP contribution in [-0.4, -0.2) is 46.8 Å². The minimum absolute atomic E-state index is 0.0870. The molecule has 112 valence electrons. The van der Waals surface area contributed by atoms with E-state index < -0.39 is 23.6 Å². The minimum Gasteiger partial charge on any atom is -0.481 e. The Hall–Kier alpha value is -1.53. The summed E-state index contributed by atoms with van der Waals surface area (Å²) < 4.78 is 26.8. The molecule has 0 aliphatic heterocycles. The summed E-state index contributed by atoms with van der Waals surface area (Å²) in [4.78, 5) is 12.7. The van der Waals surface area contributed by atoms with E-state index in [4.69, 9.17) is 10.2 Å². The second-order valence-electron chi connectivity index (χ2n) is 4.54. The maximum absolute atomic E-state index is 13.6. The quantitative estimate of drug-likeness (QED) is 0.763. The smallest absolute Gasteiger partial charge is 0.304 e. The van der Waals surface area contributed by atoms with Gasteiger partial charge in [0, 0.05) is 12.6 Å². The Morgan fingerprint density at radius 1 is 1.40 bits per heavy atom. The van der Waals surface area contributed by atoms with E-state index in [0.29, 0.717) is 13.1 Å². The molecule has 1 atom stereocenters. The van der Waals surface area contributed by atoms with E-state index in [-0.39, 0.29) is 25.0 Å². The van der Waals surface area contributed by atoms with Gasteiger partial charge >= 0.3 is 5.97 Å². The maximum Gasteiger partial charge on any atom is 0.304 e. The van der Waals surface area contributed by atoms with Gasteiger partial charge in [-0.05, 0) is 36.7 Å². The van der Waals surface area contributed by atoms with Crippen molar-refractivity contribution in [3.63, 3.8) is 0 Å². The molecule has 0 aliphatic rings. The third-order valence-corrected chi connectivity index (χ3v) is 3.18. The summed E-state index contributed by atoms with van der Waals surface area (Å²) in [5.74, 6) is -2.12. The number of benzene rings is 1. The number of aliphatic hydroxyl groups excluding tert-OH is 1. The number of halogens is 2. The van der Waals surface area contributed by atoms with Gasteiger partial charge in [-0.2, -0.15) is 0 Å². The van der Waals surface area contributed by atoms with E-state index in [1.54, 1.807) is 4.90 Å². The van der Waals surface area contributed by atoms with Gasteiger partial charge < -0.3 is 10.2 Å². The second-order valence-corrected chi connectivity index (χ2v) is 4.54. The molecular formula is C14H19F2NO3. The van der Waals surface area contributed by atoms with Crippen LogP contribution in [0.4, 0.5) is 8.78 Å².